The van der Waals surface area contributed by atoms with Gasteiger partial charge in [0.15, 0.2) is 10.9 Å². The van der Waals surface area contributed by atoms with Crippen molar-refractivity contribution in [2.75, 3.05) is 11.1 Å². The molecule has 19 heavy (non-hydrogen) atoms. The molecule has 6 nitrogen and oxygen atoms in total. The predicted molar refractivity (Wildman–Crippen MR) is 74.1 cm³/mol. The smallest absolute Gasteiger partial charge is 0.293 e. The van der Waals surface area contributed by atoms with Gasteiger partial charge in [0, 0.05) is 11.1 Å². The minimum Gasteiger partial charge on any atom is -0.459 e. The van der Waals surface area contributed by atoms with Gasteiger partial charge < -0.3 is 10.2 Å². The van der Waals surface area contributed by atoms with Crippen LogP contribution in [0.5, 0.6) is 0 Å². The molecule has 2 aromatic rings. The number of primary amides is 1. The standard InChI is InChI=1S/C11H11N3O3S2/c12-9(15)6-18-4-7-5-19-11(13-7)14-10(16)8-2-1-3-17-8/h1-3,5H,4,6H2,(H2,12,15)(H,13,14,16). The predicted octanol–water partition coefficient (Wildman–Crippen LogP) is 1.71. The molecule has 0 radical (unpaired) electrons. The van der Waals surface area contributed by atoms with E-state index in [2.05, 4.69) is 10.3 Å². The fraction of sp³-hybridized carbons (Fsp3) is 0.182. The number of rotatable bonds is 6. The second-order valence-electron chi connectivity index (χ2n) is 3.53. The highest BCUT2D eigenvalue weighted by Gasteiger charge is 2.11. The maximum Gasteiger partial charge on any atom is 0.293 e. The number of thiazole rings is 1. The van der Waals surface area contributed by atoms with E-state index in [1.54, 1.807) is 12.1 Å². The van der Waals surface area contributed by atoms with Crippen molar-refractivity contribution in [1.29, 1.82) is 0 Å². The highest BCUT2D eigenvalue weighted by atomic mass is 32.2. The summed E-state index contributed by atoms with van der Waals surface area (Å²) in [4.78, 5) is 26.5. The van der Waals surface area contributed by atoms with Crippen molar-refractivity contribution in [3.8, 4) is 0 Å². The summed E-state index contributed by atoms with van der Waals surface area (Å²) in [5.41, 5.74) is 5.83. The number of carbonyl (C=O) groups excluding carboxylic acids is 2. The second-order valence-corrected chi connectivity index (χ2v) is 5.38. The zero-order chi connectivity index (χ0) is 13.7. The first-order valence-corrected chi connectivity index (χ1v) is 7.34. The molecule has 0 aliphatic rings. The van der Waals surface area contributed by atoms with Gasteiger partial charge in [-0.25, -0.2) is 4.98 Å². The molecule has 2 aromatic heterocycles. The van der Waals surface area contributed by atoms with Crippen molar-refractivity contribution in [2.24, 2.45) is 5.73 Å². The van der Waals surface area contributed by atoms with E-state index in [-0.39, 0.29) is 23.3 Å². The molecule has 2 heterocycles. The molecule has 3 N–H and O–H groups in total. The Hall–Kier alpha value is -1.80. The van der Waals surface area contributed by atoms with Crippen LogP contribution in [0, 0.1) is 0 Å². The van der Waals surface area contributed by atoms with Crippen molar-refractivity contribution in [1.82, 2.24) is 4.98 Å². The summed E-state index contributed by atoms with van der Waals surface area (Å²) in [5.74, 6) is 0.379. The maximum atomic E-state index is 11.7. The van der Waals surface area contributed by atoms with Gasteiger partial charge in [0.25, 0.3) is 5.91 Å². The van der Waals surface area contributed by atoms with Crippen molar-refractivity contribution in [3.63, 3.8) is 0 Å². The van der Waals surface area contributed by atoms with Gasteiger partial charge in [-0.05, 0) is 12.1 Å². The molecule has 2 rings (SSSR count). The Morgan fingerprint density at radius 3 is 3.05 bits per heavy atom. The summed E-state index contributed by atoms with van der Waals surface area (Å²) in [6.45, 7) is 0. The number of amides is 2. The van der Waals surface area contributed by atoms with Crippen molar-refractivity contribution in [3.05, 3.63) is 35.2 Å². The van der Waals surface area contributed by atoms with Crippen LogP contribution < -0.4 is 11.1 Å². The van der Waals surface area contributed by atoms with Gasteiger partial charge >= 0.3 is 0 Å². The molecular weight excluding hydrogens is 286 g/mol. The van der Waals surface area contributed by atoms with Gasteiger partial charge in [-0.1, -0.05) is 0 Å². The van der Waals surface area contributed by atoms with Gasteiger partial charge in [0.1, 0.15) is 0 Å². The third-order valence-electron chi connectivity index (χ3n) is 2.01. The molecule has 0 unspecified atom stereocenters. The molecule has 0 aromatic carbocycles. The number of anilines is 1. The molecule has 0 saturated heterocycles. The minimum absolute atomic E-state index is 0.236. The molecule has 8 heteroatoms. The van der Waals surface area contributed by atoms with E-state index in [1.165, 1.54) is 29.4 Å². The summed E-state index contributed by atoms with van der Waals surface area (Å²) in [5, 5.41) is 4.96. The zero-order valence-electron chi connectivity index (χ0n) is 9.79. The van der Waals surface area contributed by atoms with Crippen molar-refractivity contribution < 1.29 is 14.0 Å². The van der Waals surface area contributed by atoms with Crippen LogP contribution in [0.15, 0.2) is 28.2 Å². The Morgan fingerprint density at radius 2 is 2.37 bits per heavy atom. The number of hydrogen-bond acceptors (Lipinski definition) is 6. The van der Waals surface area contributed by atoms with Gasteiger partial charge in [0.2, 0.25) is 5.91 Å². The van der Waals surface area contributed by atoms with Crippen molar-refractivity contribution >= 4 is 40.0 Å². The Kier molecular flexibility index (Phi) is 4.58. The van der Waals surface area contributed by atoms with E-state index in [9.17, 15) is 9.59 Å². The average Bonchev–Trinajstić information content (AvgIpc) is 2.99. The molecule has 0 atom stereocenters. The third-order valence-corrected chi connectivity index (χ3v) is 3.81. The normalized spacial score (nSPS) is 10.3. The van der Waals surface area contributed by atoms with E-state index in [1.807, 2.05) is 5.38 Å². The summed E-state index contributed by atoms with van der Waals surface area (Å²) in [6.07, 6.45) is 1.43. The average molecular weight is 297 g/mol. The number of nitrogens with two attached hydrogens (primary N) is 1. The largest absolute Gasteiger partial charge is 0.459 e. The van der Waals surface area contributed by atoms with Gasteiger partial charge in [-0.2, -0.15) is 0 Å². The fourth-order valence-electron chi connectivity index (χ4n) is 1.25. The lowest BCUT2D eigenvalue weighted by atomic mass is 10.4. The summed E-state index contributed by atoms with van der Waals surface area (Å²) in [7, 11) is 0. The number of nitrogens with zero attached hydrogens (tertiary/aromatic N) is 1. The lowest BCUT2D eigenvalue weighted by Gasteiger charge is -1.97. The number of furan rings is 1. The van der Waals surface area contributed by atoms with Gasteiger partial charge in [-0.3, -0.25) is 14.9 Å². The third kappa shape index (κ3) is 4.11. The second kappa shape index (κ2) is 6.39. The Balaban J connectivity index is 1.87. The first-order valence-electron chi connectivity index (χ1n) is 5.30. The highest BCUT2D eigenvalue weighted by Crippen LogP contribution is 2.20. The van der Waals surface area contributed by atoms with E-state index in [4.69, 9.17) is 10.2 Å². The fourth-order valence-corrected chi connectivity index (χ4v) is 2.72. The Bertz CT molecular complexity index is 566. The molecule has 2 amide bonds. The highest BCUT2D eigenvalue weighted by molar-refractivity contribution is 7.99. The number of carbonyl (C=O) groups is 2. The Labute approximate surface area is 117 Å². The van der Waals surface area contributed by atoms with Crippen LogP contribution in [0.2, 0.25) is 0 Å². The SMILES string of the molecule is NC(=O)CSCc1csc(NC(=O)c2ccco2)n1. The zero-order valence-corrected chi connectivity index (χ0v) is 11.4. The summed E-state index contributed by atoms with van der Waals surface area (Å²) in [6, 6.07) is 3.22. The molecule has 0 aliphatic heterocycles. The first kappa shape index (κ1) is 13.6. The number of hydrogen-bond donors (Lipinski definition) is 2. The van der Waals surface area contributed by atoms with Crippen LogP contribution in [0.3, 0.4) is 0 Å². The molecule has 100 valence electrons. The van der Waals surface area contributed by atoms with Crippen LogP contribution in [0.25, 0.3) is 0 Å². The summed E-state index contributed by atoms with van der Waals surface area (Å²) < 4.78 is 4.97. The van der Waals surface area contributed by atoms with Crippen LogP contribution in [0.1, 0.15) is 16.2 Å². The van der Waals surface area contributed by atoms with E-state index < -0.39 is 0 Å². The summed E-state index contributed by atoms with van der Waals surface area (Å²) >= 11 is 2.70. The van der Waals surface area contributed by atoms with Crippen LogP contribution >= 0.6 is 23.1 Å². The number of nitrogens with one attached hydrogen (secondary N) is 1. The minimum atomic E-state index is -0.355. The lowest BCUT2D eigenvalue weighted by molar-refractivity contribution is -0.115. The topological polar surface area (TPSA) is 98.2 Å². The van der Waals surface area contributed by atoms with E-state index in [0.717, 1.165) is 5.69 Å². The van der Waals surface area contributed by atoms with Gasteiger partial charge in [-0.15, -0.1) is 23.1 Å². The quantitative estimate of drug-likeness (QED) is 0.845. The van der Waals surface area contributed by atoms with E-state index in [0.29, 0.717) is 10.9 Å². The van der Waals surface area contributed by atoms with Crippen LogP contribution in [0.4, 0.5) is 5.13 Å². The number of thioether (sulfide) groups is 1. The number of aromatic nitrogens is 1. The molecule has 0 bridgehead atoms. The molecular formula is C11H11N3O3S2. The van der Waals surface area contributed by atoms with Crippen LogP contribution in [-0.2, 0) is 10.5 Å². The Morgan fingerprint density at radius 1 is 1.53 bits per heavy atom. The van der Waals surface area contributed by atoms with Gasteiger partial charge in [0.05, 0.1) is 17.7 Å². The first-order chi connectivity index (χ1) is 9.15. The molecule has 0 aliphatic carbocycles. The van der Waals surface area contributed by atoms with Crippen LogP contribution in [-0.4, -0.2) is 22.6 Å². The molecule has 0 saturated carbocycles. The maximum absolute atomic E-state index is 11.7. The van der Waals surface area contributed by atoms with E-state index >= 15 is 0 Å². The monoisotopic (exact) mass is 297 g/mol. The molecule has 0 spiro atoms. The molecule has 0 fully saturated rings. The lowest BCUT2D eigenvalue weighted by Crippen LogP contribution is -2.13. The van der Waals surface area contributed by atoms with Crippen molar-refractivity contribution in [2.45, 2.75) is 5.75 Å².